The van der Waals surface area contributed by atoms with E-state index < -0.39 is 0 Å². The summed E-state index contributed by atoms with van der Waals surface area (Å²) in [6.45, 7) is 2.17. The van der Waals surface area contributed by atoms with Gasteiger partial charge in [-0.25, -0.2) is 19.9 Å². The summed E-state index contributed by atoms with van der Waals surface area (Å²) in [6.07, 6.45) is 10.5. The van der Waals surface area contributed by atoms with Gasteiger partial charge < -0.3 is 0 Å². The summed E-state index contributed by atoms with van der Waals surface area (Å²) in [7, 11) is 0. The maximum Gasteiger partial charge on any atom is 0.115 e. The van der Waals surface area contributed by atoms with E-state index in [0.717, 1.165) is 22.3 Å². The van der Waals surface area contributed by atoms with Crippen LogP contribution >= 0.6 is 0 Å². The van der Waals surface area contributed by atoms with E-state index in [9.17, 15) is 0 Å². The predicted molar refractivity (Wildman–Crippen MR) is 134 cm³/mol. The Morgan fingerprint density at radius 2 is 1.03 bits per heavy atom. The fraction of sp³-hybridized carbons (Fsp3) is 0.0345. The van der Waals surface area contributed by atoms with Gasteiger partial charge in [0.1, 0.15) is 12.7 Å². The molecule has 0 N–H and O–H groups in total. The lowest BCUT2D eigenvalue weighted by molar-refractivity contribution is 1.17. The molecule has 0 saturated heterocycles. The number of aromatic nitrogens is 4. The molecule has 33 heavy (non-hydrogen) atoms. The van der Waals surface area contributed by atoms with Crippen LogP contribution in [0.2, 0.25) is 0 Å². The number of rotatable bonds is 3. The molecule has 0 aliphatic heterocycles. The van der Waals surface area contributed by atoms with Crippen molar-refractivity contribution in [3.63, 3.8) is 0 Å². The second-order valence-corrected chi connectivity index (χ2v) is 8.19. The Bertz CT molecular complexity index is 1510. The van der Waals surface area contributed by atoms with E-state index in [1.54, 1.807) is 12.7 Å². The van der Waals surface area contributed by atoms with Crippen LogP contribution in [-0.2, 0) is 0 Å². The Kier molecular flexibility index (Phi) is 4.62. The Labute approximate surface area is 191 Å². The van der Waals surface area contributed by atoms with Crippen LogP contribution in [0.1, 0.15) is 5.56 Å². The zero-order valence-electron chi connectivity index (χ0n) is 18.1. The van der Waals surface area contributed by atoms with Crippen LogP contribution in [-0.4, -0.2) is 19.9 Å². The minimum atomic E-state index is 1.01. The fourth-order valence-corrected chi connectivity index (χ4v) is 4.53. The van der Waals surface area contributed by atoms with Gasteiger partial charge in [-0.05, 0) is 74.5 Å². The van der Waals surface area contributed by atoms with Gasteiger partial charge in [-0.2, -0.15) is 0 Å². The maximum atomic E-state index is 4.19. The van der Waals surface area contributed by atoms with Gasteiger partial charge >= 0.3 is 0 Å². The number of benzene rings is 4. The van der Waals surface area contributed by atoms with Crippen LogP contribution in [0.3, 0.4) is 0 Å². The van der Waals surface area contributed by atoms with Gasteiger partial charge in [0.2, 0.25) is 0 Å². The molecule has 0 aliphatic carbocycles. The van der Waals surface area contributed by atoms with Crippen LogP contribution in [0.5, 0.6) is 0 Å². The first-order valence-electron chi connectivity index (χ1n) is 10.9. The molecule has 0 radical (unpaired) electrons. The third kappa shape index (κ3) is 3.42. The number of fused-ring (bicyclic) bond motifs is 2. The molecule has 0 saturated carbocycles. The first kappa shape index (κ1) is 19.3. The monoisotopic (exact) mass is 424 g/mol. The van der Waals surface area contributed by atoms with Crippen molar-refractivity contribution < 1.29 is 0 Å². The van der Waals surface area contributed by atoms with Crippen molar-refractivity contribution in [2.45, 2.75) is 6.92 Å². The number of nitrogens with zero attached hydrogens (tertiary/aromatic N) is 4. The molecule has 4 nitrogen and oxygen atoms in total. The van der Waals surface area contributed by atoms with E-state index in [2.05, 4.69) is 93.6 Å². The highest BCUT2D eigenvalue weighted by molar-refractivity contribution is 6.14. The van der Waals surface area contributed by atoms with Gasteiger partial charge in [0, 0.05) is 35.9 Å². The van der Waals surface area contributed by atoms with E-state index in [1.165, 1.54) is 38.2 Å². The lowest BCUT2D eigenvalue weighted by Gasteiger charge is -2.16. The predicted octanol–water partition coefficient (Wildman–Crippen LogP) is 6.88. The van der Waals surface area contributed by atoms with Gasteiger partial charge in [0.25, 0.3) is 0 Å². The van der Waals surface area contributed by atoms with Crippen LogP contribution in [0.25, 0.3) is 54.9 Å². The van der Waals surface area contributed by atoms with Gasteiger partial charge in [-0.1, -0.05) is 48.5 Å². The third-order valence-corrected chi connectivity index (χ3v) is 6.16. The average molecular weight is 425 g/mol. The molecule has 2 aromatic heterocycles. The van der Waals surface area contributed by atoms with E-state index in [1.807, 2.05) is 24.8 Å². The van der Waals surface area contributed by atoms with Crippen LogP contribution < -0.4 is 0 Å². The van der Waals surface area contributed by atoms with Crippen molar-refractivity contribution in [3.05, 3.63) is 110 Å². The summed E-state index contributed by atoms with van der Waals surface area (Å²) in [6, 6.07) is 24.1. The Hall–Kier alpha value is -4.44. The second-order valence-electron chi connectivity index (χ2n) is 8.19. The number of hydrogen-bond acceptors (Lipinski definition) is 4. The standard InChI is InChI=1S/C29H20N4/c1-19-4-2-3-5-26(19)29-27-8-6-20(24-13-30-17-31-14-24)10-22(27)12-23-11-21(7-9-28(23)29)25-15-32-18-33-16-25/h2-18H,1H3. The highest BCUT2D eigenvalue weighted by Gasteiger charge is 2.14. The number of aryl methyl sites for hydroxylation is 1. The number of hydrogen-bond donors (Lipinski definition) is 0. The molecule has 0 unspecified atom stereocenters. The summed E-state index contributed by atoms with van der Waals surface area (Å²) < 4.78 is 0. The molecule has 0 aliphatic rings. The molecule has 156 valence electrons. The van der Waals surface area contributed by atoms with Crippen LogP contribution in [0.4, 0.5) is 0 Å². The van der Waals surface area contributed by atoms with Crippen molar-refractivity contribution in [3.8, 4) is 33.4 Å². The van der Waals surface area contributed by atoms with Crippen molar-refractivity contribution in [1.29, 1.82) is 0 Å². The highest BCUT2D eigenvalue weighted by atomic mass is 14.8. The minimum absolute atomic E-state index is 1.01. The normalized spacial score (nSPS) is 11.2. The average Bonchev–Trinajstić information content (AvgIpc) is 2.88. The topological polar surface area (TPSA) is 51.6 Å². The zero-order valence-corrected chi connectivity index (χ0v) is 18.1. The first-order chi connectivity index (χ1) is 16.3. The van der Waals surface area contributed by atoms with Crippen LogP contribution in [0.15, 0.2) is 104 Å². The van der Waals surface area contributed by atoms with Crippen molar-refractivity contribution >= 4 is 21.5 Å². The molecule has 4 heteroatoms. The smallest absolute Gasteiger partial charge is 0.115 e. The summed E-state index contributed by atoms with van der Waals surface area (Å²) in [5.74, 6) is 0. The Balaban J connectivity index is 1.67. The zero-order chi connectivity index (χ0) is 22.2. The summed E-state index contributed by atoms with van der Waals surface area (Å²) in [4.78, 5) is 16.8. The molecular weight excluding hydrogens is 404 g/mol. The Morgan fingerprint density at radius 1 is 0.515 bits per heavy atom. The van der Waals surface area contributed by atoms with Gasteiger partial charge in [0.15, 0.2) is 0 Å². The largest absolute Gasteiger partial charge is 0.244 e. The molecule has 0 fully saturated rings. The SMILES string of the molecule is Cc1ccccc1-c1c2ccc(-c3cncnc3)cc2cc2cc(-c3cncnc3)ccc12. The molecule has 6 rings (SSSR count). The molecule has 4 aromatic carbocycles. The lowest BCUT2D eigenvalue weighted by atomic mass is 9.88. The molecule has 0 atom stereocenters. The second kappa shape index (κ2) is 7.92. The molecular formula is C29H20N4. The van der Waals surface area contributed by atoms with Crippen LogP contribution in [0, 0.1) is 6.92 Å². The van der Waals surface area contributed by atoms with E-state index in [4.69, 9.17) is 0 Å². The molecule has 0 bridgehead atoms. The van der Waals surface area contributed by atoms with E-state index >= 15 is 0 Å². The maximum absolute atomic E-state index is 4.19. The fourth-order valence-electron chi connectivity index (χ4n) is 4.53. The molecule has 2 heterocycles. The van der Waals surface area contributed by atoms with Crippen molar-refractivity contribution in [2.75, 3.05) is 0 Å². The molecule has 0 amide bonds. The third-order valence-electron chi connectivity index (χ3n) is 6.16. The Morgan fingerprint density at radius 3 is 1.55 bits per heavy atom. The summed E-state index contributed by atoms with van der Waals surface area (Å²) in [5, 5.41) is 4.83. The van der Waals surface area contributed by atoms with Gasteiger partial charge in [-0.15, -0.1) is 0 Å². The first-order valence-corrected chi connectivity index (χ1v) is 10.9. The van der Waals surface area contributed by atoms with E-state index in [0.29, 0.717) is 0 Å². The summed E-state index contributed by atoms with van der Waals surface area (Å²) >= 11 is 0. The minimum Gasteiger partial charge on any atom is -0.244 e. The summed E-state index contributed by atoms with van der Waals surface area (Å²) in [5.41, 5.74) is 7.98. The highest BCUT2D eigenvalue weighted by Crippen LogP contribution is 2.40. The quantitative estimate of drug-likeness (QED) is 0.291. The molecule has 0 spiro atoms. The van der Waals surface area contributed by atoms with Crippen molar-refractivity contribution in [1.82, 2.24) is 19.9 Å². The van der Waals surface area contributed by atoms with Crippen molar-refractivity contribution in [2.24, 2.45) is 0 Å². The van der Waals surface area contributed by atoms with E-state index in [-0.39, 0.29) is 0 Å². The van der Waals surface area contributed by atoms with Gasteiger partial charge in [0.05, 0.1) is 0 Å². The molecule has 6 aromatic rings. The lowest BCUT2D eigenvalue weighted by Crippen LogP contribution is -1.90. The van der Waals surface area contributed by atoms with Gasteiger partial charge in [-0.3, -0.25) is 0 Å².